The minimum atomic E-state index is 0.102. The number of nitrogens with two attached hydrogens (primary N) is 1. The highest BCUT2D eigenvalue weighted by Gasteiger charge is 2.37. The molecule has 0 saturated heterocycles. The predicted molar refractivity (Wildman–Crippen MR) is 65.3 cm³/mol. The van der Waals surface area contributed by atoms with Gasteiger partial charge in [-0.05, 0) is 0 Å². The SMILES string of the molecule is CN1CC(C2NN(C)c3ncnc(N)c32)C=N1. The molecule has 2 unspecified atom stereocenters. The number of hydrogen-bond donors (Lipinski definition) is 2. The van der Waals surface area contributed by atoms with Crippen molar-refractivity contribution in [3.8, 4) is 0 Å². The van der Waals surface area contributed by atoms with Crippen molar-refractivity contribution in [1.82, 2.24) is 20.4 Å². The fraction of sp³-hybridized carbons (Fsp3) is 0.500. The zero-order chi connectivity index (χ0) is 12.0. The van der Waals surface area contributed by atoms with E-state index in [0.717, 1.165) is 17.9 Å². The molecule has 2 aliphatic heterocycles. The van der Waals surface area contributed by atoms with Gasteiger partial charge in [-0.2, -0.15) is 5.10 Å². The molecule has 0 saturated carbocycles. The second kappa shape index (κ2) is 3.56. The molecular weight excluding hydrogens is 218 g/mol. The van der Waals surface area contributed by atoms with Gasteiger partial charge in [-0.15, -0.1) is 0 Å². The lowest BCUT2D eigenvalue weighted by molar-refractivity contribution is 0.330. The third-order valence-corrected chi connectivity index (χ3v) is 3.21. The highest BCUT2D eigenvalue weighted by Crippen LogP contribution is 2.37. The molecule has 2 aliphatic rings. The largest absolute Gasteiger partial charge is 0.383 e. The van der Waals surface area contributed by atoms with E-state index < -0.39 is 0 Å². The summed E-state index contributed by atoms with van der Waals surface area (Å²) in [5, 5.41) is 8.07. The van der Waals surface area contributed by atoms with E-state index in [4.69, 9.17) is 5.73 Å². The van der Waals surface area contributed by atoms with E-state index in [0.29, 0.717) is 5.82 Å². The van der Waals surface area contributed by atoms with Gasteiger partial charge in [-0.1, -0.05) is 0 Å². The summed E-state index contributed by atoms with van der Waals surface area (Å²) in [4.78, 5) is 8.32. The first-order valence-electron chi connectivity index (χ1n) is 5.52. The number of hydrogen-bond acceptors (Lipinski definition) is 7. The van der Waals surface area contributed by atoms with E-state index in [2.05, 4.69) is 20.5 Å². The zero-order valence-corrected chi connectivity index (χ0v) is 9.83. The molecule has 0 amide bonds. The number of hydrazine groups is 1. The van der Waals surface area contributed by atoms with Crippen molar-refractivity contribution in [3.05, 3.63) is 11.9 Å². The second-order valence-electron chi connectivity index (χ2n) is 4.43. The molecule has 0 aliphatic carbocycles. The van der Waals surface area contributed by atoms with E-state index in [1.54, 1.807) is 0 Å². The maximum absolute atomic E-state index is 5.95. The van der Waals surface area contributed by atoms with Crippen LogP contribution in [0.3, 0.4) is 0 Å². The van der Waals surface area contributed by atoms with Gasteiger partial charge in [-0.25, -0.2) is 15.4 Å². The summed E-state index contributed by atoms with van der Waals surface area (Å²) in [7, 11) is 3.89. The van der Waals surface area contributed by atoms with Crippen molar-refractivity contribution in [2.24, 2.45) is 11.0 Å². The highest BCUT2D eigenvalue weighted by molar-refractivity contribution is 5.69. The van der Waals surface area contributed by atoms with E-state index >= 15 is 0 Å². The van der Waals surface area contributed by atoms with Crippen LogP contribution in [0.4, 0.5) is 11.6 Å². The lowest BCUT2D eigenvalue weighted by Crippen LogP contribution is -2.35. The van der Waals surface area contributed by atoms with Crippen LogP contribution in [0.2, 0.25) is 0 Å². The van der Waals surface area contributed by atoms with Gasteiger partial charge in [0.2, 0.25) is 0 Å². The van der Waals surface area contributed by atoms with Crippen LogP contribution < -0.4 is 16.2 Å². The fourth-order valence-electron chi connectivity index (χ4n) is 2.40. The van der Waals surface area contributed by atoms with Crippen LogP contribution in [0.25, 0.3) is 0 Å². The molecule has 1 aromatic rings. The Bertz CT molecular complexity index is 472. The molecule has 0 aromatic carbocycles. The number of fused-ring (bicyclic) bond motifs is 1. The second-order valence-corrected chi connectivity index (χ2v) is 4.43. The summed E-state index contributed by atoms with van der Waals surface area (Å²) >= 11 is 0. The summed E-state index contributed by atoms with van der Waals surface area (Å²) < 4.78 is 0. The zero-order valence-electron chi connectivity index (χ0n) is 9.83. The van der Waals surface area contributed by atoms with Crippen LogP contribution >= 0.6 is 0 Å². The molecule has 17 heavy (non-hydrogen) atoms. The minimum absolute atomic E-state index is 0.102. The van der Waals surface area contributed by atoms with Crippen molar-refractivity contribution >= 4 is 17.9 Å². The van der Waals surface area contributed by atoms with Crippen molar-refractivity contribution < 1.29 is 0 Å². The molecule has 3 N–H and O–H groups in total. The fourth-order valence-corrected chi connectivity index (χ4v) is 2.40. The lowest BCUT2D eigenvalue weighted by atomic mass is 9.96. The van der Waals surface area contributed by atoms with Gasteiger partial charge in [0.05, 0.1) is 11.6 Å². The van der Waals surface area contributed by atoms with Gasteiger partial charge in [-0.3, -0.25) is 10.0 Å². The van der Waals surface area contributed by atoms with Crippen LogP contribution in [0.5, 0.6) is 0 Å². The summed E-state index contributed by atoms with van der Waals surface area (Å²) in [5.74, 6) is 1.68. The van der Waals surface area contributed by atoms with Crippen LogP contribution in [-0.2, 0) is 0 Å². The Morgan fingerprint density at radius 2 is 2.24 bits per heavy atom. The molecule has 0 fully saturated rings. The average Bonchev–Trinajstić information content (AvgIpc) is 2.85. The number of anilines is 2. The van der Waals surface area contributed by atoms with Crippen LogP contribution in [-0.4, -0.2) is 41.8 Å². The van der Waals surface area contributed by atoms with E-state index in [1.807, 2.05) is 30.3 Å². The van der Waals surface area contributed by atoms with Crippen molar-refractivity contribution in [1.29, 1.82) is 0 Å². The van der Waals surface area contributed by atoms with Gasteiger partial charge in [0.25, 0.3) is 0 Å². The maximum Gasteiger partial charge on any atom is 0.152 e. The molecule has 3 rings (SSSR count). The Morgan fingerprint density at radius 1 is 1.41 bits per heavy atom. The van der Waals surface area contributed by atoms with Crippen molar-refractivity contribution in [2.75, 3.05) is 31.4 Å². The van der Waals surface area contributed by atoms with Gasteiger partial charge in [0.15, 0.2) is 5.82 Å². The lowest BCUT2D eigenvalue weighted by Gasteiger charge is -2.19. The normalized spacial score (nSPS) is 26.7. The quantitative estimate of drug-likeness (QED) is 0.687. The number of rotatable bonds is 1. The topological polar surface area (TPSA) is 82.7 Å². The van der Waals surface area contributed by atoms with E-state index in [-0.39, 0.29) is 12.0 Å². The molecule has 3 heterocycles. The molecule has 7 heteroatoms. The Morgan fingerprint density at radius 3 is 2.94 bits per heavy atom. The highest BCUT2D eigenvalue weighted by atomic mass is 15.6. The molecule has 7 nitrogen and oxygen atoms in total. The van der Waals surface area contributed by atoms with Crippen molar-refractivity contribution in [3.63, 3.8) is 0 Å². The van der Waals surface area contributed by atoms with E-state index in [9.17, 15) is 0 Å². The average molecular weight is 233 g/mol. The molecule has 2 atom stereocenters. The number of aromatic nitrogens is 2. The summed E-state index contributed by atoms with van der Waals surface area (Å²) in [5.41, 5.74) is 10.3. The number of nitrogen functional groups attached to an aromatic ring is 1. The van der Waals surface area contributed by atoms with Gasteiger partial charge in [0, 0.05) is 32.8 Å². The third-order valence-electron chi connectivity index (χ3n) is 3.21. The predicted octanol–water partition coefficient (Wildman–Crippen LogP) is -0.398. The Hall–Kier alpha value is -1.89. The summed E-state index contributed by atoms with van der Waals surface area (Å²) in [6, 6.07) is 0.102. The van der Waals surface area contributed by atoms with Gasteiger partial charge >= 0.3 is 0 Å². The number of hydrazone groups is 1. The summed E-state index contributed by atoms with van der Waals surface area (Å²) in [6.45, 7) is 0.874. The number of nitrogens with one attached hydrogen (secondary N) is 1. The van der Waals surface area contributed by atoms with Crippen LogP contribution in [0.1, 0.15) is 11.6 Å². The standard InChI is InChI=1S/C10H15N7/c1-16-4-6(3-14-16)8-7-9(11)12-5-13-10(7)17(2)15-8/h3,5-6,8,15H,4H2,1-2H3,(H2,11,12,13). The number of nitrogens with zero attached hydrogens (tertiary/aromatic N) is 5. The van der Waals surface area contributed by atoms with Crippen molar-refractivity contribution in [2.45, 2.75) is 6.04 Å². The smallest absolute Gasteiger partial charge is 0.152 e. The van der Waals surface area contributed by atoms with E-state index in [1.165, 1.54) is 6.33 Å². The summed E-state index contributed by atoms with van der Waals surface area (Å²) in [6.07, 6.45) is 3.44. The monoisotopic (exact) mass is 233 g/mol. The minimum Gasteiger partial charge on any atom is -0.383 e. The van der Waals surface area contributed by atoms with Crippen LogP contribution in [0, 0.1) is 5.92 Å². The molecule has 0 radical (unpaired) electrons. The third kappa shape index (κ3) is 1.50. The first kappa shape index (κ1) is 10.3. The van der Waals surface area contributed by atoms with Gasteiger partial charge < -0.3 is 5.73 Å². The molecular formula is C10H15N7. The molecule has 90 valence electrons. The Kier molecular flexibility index (Phi) is 2.15. The molecule has 0 bridgehead atoms. The Labute approximate surface area is 99.3 Å². The van der Waals surface area contributed by atoms with Gasteiger partial charge in [0.1, 0.15) is 12.1 Å². The molecule has 1 aromatic heterocycles. The maximum atomic E-state index is 5.95. The van der Waals surface area contributed by atoms with Crippen LogP contribution in [0.15, 0.2) is 11.4 Å². The first-order valence-corrected chi connectivity index (χ1v) is 5.52. The molecule has 0 spiro atoms. The Balaban J connectivity index is 1.98. The first-order chi connectivity index (χ1) is 8.16.